The fourth-order valence-corrected chi connectivity index (χ4v) is 20.9. The molecule has 0 bridgehead atoms. The minimum atomic E-state index is -1.11. The number of carbonyl (C=O) groups is 6. The summed E-state index contributed by atoms with van der Waals surface area (Å²) < 4.78 is 26.7. The maximum atomic E-state index is 13.5. The number of halogens is 2. The van der Waals surface area contributed by atoms with E-state index in [1.807, 2.05) is 105 Å². The number of anilines is 7. The molecular formula is C102H101F2N25O12S6. The van der Waals surface area contributed by atoms with E-state index in [1.54, 1.807) is 36.7 Å². The molecule has 756 valence electrons. The van der Waals surface area contributed by atoms with Crippen LogP contribution in [0, 0.1) is 11.6 Å². The molecule has 147 heavy (non-hydrogen) atoms. The van der Waals surface area contributed by atoms with Crippen LogP contribution in [-0.2, 0) is 6.42 Å². The van der Waals surface area contributed by atoms with Gasteiger partial charge in [0.05, 0.1) is 11.4 Å². The average molecular weight is 2100 g/mol. The second-order valence-electron chi connectivity index (χ2n) is 36.4. The molecule has 0 atom stereocenters. The van der Waals surface area contributed by atoms with Crippen molar-refractivity contribution < 1.29 is 68.2 Å². The number of carboxylic acids is 6. The van der Waals surface area contributed by atoms with Crippen molar-refractivity contribution in [2.45, 2.75) is 168 Å². The third-order valence-electron chi connectivity index (χ3n) is 25.0. The van der Waals surface area contributed by atoms with E-state index in [0.29, 0.717) is 127 Å². The lowest BCUT2D eigenvalue weighted by Crippen LogP contribution is -2.31. The quantitative estimate of drug-likeness (QED) is 0.0367. The molecule has 15 heterocycles. The first-order chi connectivity index (χ1) is 70.6. The molecular weight excluding hydrogens is 2000 g/mol. The number of aryl methyl sites for hydroxylation is 1. The van der Waals surface area contributed by atoms with E-state index >= 15 is 0 Å². The third-order valence-corrected chi connectivity index (χ3v) is 30.6. The summed E-state index contributed by atoms with van der Waals surface area (Å²) in [5.41, 5.74) is 12.0. The molecule has 45 heteroatoms. The highest BCUT2D eigenvalue weighted by atomic mass is 32.1. The Bertz CT molecular complexity index is 7980. The zero-order valence-corrected chi connectivity index (χ0v) is 86.8. The number of fused-ring (bicyclic) bond motifs is 8. The first-order valence-corrected chi connectivity index (χ1v) is 52.4. The van der Waals surface area contributed by atoms with E-state index in [2.05, 4.69) is 156 Å². The molecule has 3 fully saturated rings. The number of hydrogen-bond donors (Lipinski definition) is 6. The van der Waals surface area contributed by atoms with Crippen molar-refractivity contribution in [3.05, 3.63) is 198 Å². The van der Waals surface area contributed by atoms with Crippen LogP contribution in [0.5, 0.6) is 0 Å². The lowest BCUT2D eigenvalue weighted by Gasteiger charge is -2.31. The highest BCUT2D eigenvalue weighted by Gasteiger charge is 2.34. The number of carboxylic acid groups (broad SMARTS) is 6. The Morgan fingerprint density at radius 1 is 0.361 bits per heavy atom. The van der Waals surface area contributed by atoms with Gasteiger partial charge in [-0.05, 0) is 194 Å². The molecule has 0 amide bonds. The van der Waals surface area contributed by atoms with Crippen LogP contribution in [0.2, 0.25) is 0 Å². The Morgan fingerprint density at radius 3 is 1.22 bits per heavy atom. The number of benzene rings is 5. The molecule has 0 unspecified atom stereocenters. The van der Waals surface area contributed by atoms with Crippen molar-refractivity contribution >= 4 is 218 Å². The van der Waals surface area contributed by atoms with E-state index < -0.39 is 35.8 Å². The Morgan fingerprint density at radius 2 is 0.755 bits per heavy atom. The molecule has 2 aliphatic carbocycles. The van der Waals surface area contributed by atoms with E-state index in [9.17, 15) is 47.8 Å². The van der Waals surface area contributed by atoms with E-state index in [1.165, 1.54) is 68.4 Å². The van der Waals surface area contributed by atoms with Crippen LogP contribution in [0.25, 0.3) is 119 Å². The van der Waals surface area contributed by atoms with Gasteiger partial charge in [0.15, 0.2) is 97.8 Å². The Balaban J connectivity index is 0.000000121. The second-order valence-corrected chi connectivity index (χ2v) is 42.2. The number of aromatic nitrogens is 19. The summed E-state index contributed by atoms with van der Waals surface area (Å²) in [5, 5.41) is 57.2. The van der Waals surface area contributed by atoms with Gasteiger partial charge in [-0.2, -0.15) is 0 Å². The molecule has 13 aromatic heterocycles. The molecule has 6 N–H and O–H groups in total. The number of pyridine rings is 1. The summed E-state index contributed by atoms with van der Waals surface area (Å²) >= 11 is 6.26. The first-order valence-electron chi connectivity index (χ1n) is 47.5. The van der Waals surface area contributed by atoms with Gasteiger partial charge in [0, 0.05) is 118 Å². The second kappa shape index (κ2) is 44.8. The summed E-state index contributed by atoms with van der Waals surface area (Å²) in [4.78, 5) is 167. The topological polar surface area (TPSA) is 488 Å². The SMILES string of the molecule is CC(C)N(C)c1nc2sc(C(=O)O)nc2nc1-c1ccc2ccccc2c1.CC(C)N(C)c1nc2sc(C(=O)O)nc2nc1-c1cccnc1.CC(C)N(C)c1nc2sc(C(=O)O)nc2nc1C1CCCCC1.CC(C)c1nc2nc(C(=O)O)sc2nc1N1CCCCC1.CN(c1nc2sc(C(=O)O)nc2nc1-c1ccc(F)cc1)C1CC1.O=C(O)c1nc2nc(-c3ccc(F)cc3)c(N3CCCc4ccccc43)nc2s1. The number of nitrogens with zero attached hydrogens (tertiary/aromatic N) is 25. The Kier molecular flexibility index (Phi) is 31.5. The van der Waals surface area contributed by atoms with Crippen LogP contribution >= 0.6 is 68.0 Å². The van der Waals surface area contributed by atoms with Gasteiger partial charge in [0.1, 0.15) is 34.4 Å². The van der Waals surface area contributed by atoms with E-state index in [-0.39, 0.29) is 65.3 Å². The number of rotatable bonds is 22. The van der Waals surface area contributed by atoms with Gasteiger partial charge >= 0.3 is 35.8 Å². The van der Waals surface area contributed by atoms with Crippen molar-refractivity contribution in [3.63, 3.8) is 0 Å². The van der Waals surface area contributed by atoms with Gasteiger partial charge in [-0.15, -0.1) is 0 Å². The number of aromatic carboxylic acids is 6. The molecule has 0 radical (unpaired) electrons. The van der Waals surface area contributed by atoms with Crippen LogP contribution in [0.1, 0.15) is 214 Å². The lowest BCUT2D eigenvalue weighted by atomic mass is 9.86. The van der Waals surface area contributed by atoms with Crippen molar-refractivity contribution in [1.29, 1.82) is 0 Å². The highest BCUT2D eigenvalue weighted by Crippen LogP contribution is 2.44. The van der Waals surface area contributed by atoms with Gasteiger partial charge in [-0.1, -0.05) is 156 Å². The van der Waals surface area contributed by atoms with Crippen molar-refractivity contribution in [2.24, 2.45) is 0 Å². The zero-order chi connectivity index (χ0) is 104. The summed E-state index contributed by atoms with van der Waals surface area (Å²) in [6.07, 6.45) is 17.0. The predicted molar refractivity (Wildman–Crippen MR) is 570 cm³/mol. The summed E-state index contributed by atoms with van der Waals surface area (Å²) in [6, 6.07) is 39.3. The molecule has 37 nitrogen and oxygen atoms in total. The first kappa shape index (κ1) is 103. The minimum Gasteiger partial charge on any atom is -0.476 e. The van der Waals surface area contributed by atoms with Crippen LogP contribution in [-0.4, -0.2) is 233 Å². The summed E-state index contributed by atoms with van der Waals surface area (Å²) in [5.74, 6) is -1.97. The number of para-hydroxylation sites is 1. The standard InChI is InChI=1S/C21H15FN4O2S.C20H18N4O2S.C16H13FN4O2S.C16H22N4O2S.C15H15N5O2S.C14H18N4O2S/c22-14-9-7-13(8-10-14)16-18(25-19-17(23-16)24-20(29-19)21(27)28)26-11-3-5-12-4-1-2-6-15(12)26;1-11(2)24(3)17-15(14-9-8-12-6-4-5-7-13(12)10-14)21-16-18(23-17)27-19(22-16)20(25)26;1-21(10-6-7-10)13-11(8-2-4-9(17)5-3-8)18-12-14(20-13)24-15(19-12)16(22)23;1-9(2)20(3)13-11(10-7-5-4-6-8-10)17-12-14(19-13)23-15(18-12)16(21)22;1-8(2)20(3)12-10(9-5-4-6-16-7-9)17-11-13(19-12)23-14(18-11)15(21)22;1-8(2)9-11(18-6-4-3-5-7-18)17-12-10(15-9)16-13(21-12)14(19)20/h1-2,4,6-10H,3,5,11H2,(H,27,28);4-11H,1-3H3,(H,25,26);2-5,10H,6-7H2,1H3,(H,22,23);9-10H,4-8H2,1-3H3,(H,21,22);4-8H,1-3H3,(H,21,22);8H,3-7H2,1-2H3,(H,19,20). The van der Waals surface area contributed by atoms with Crippen LogP contribution < -0.4 is 29.4 Å². The number of hydrogen-bond acceptors (Lipinski definition) is 37. The van der Waals surface area contributed by atoms with Gasteiger partial charge in [0.2, 0.25) is 30.0 Å². The molecule has 4 aliphatic rings. The summed E-state index contributed by atoms with van der Waals surface area (Å²) in [7, 11) is 7.86. The number of piperidine rings is 1. The maximum Gasteiger partial charge on any atom is 0.365 e. The molecule has 0 spiro atoms. The van der Waals surface area contributed by atoms with Crippen molar-refractivity contribution in [1.82, 2.24) is 94.7 Å². The van der Waals surface area contributed by atoms with Crippen LogP contribution in [0.3, 0.4) is 0 Å². The normalized spacial score (nSPS) is 13.6. The molecule has 5 aromatic carbocycles. The van der Waals surface area contributed by atoms with E-state index in [0.717, 1.165) is 182 Å². The Hall–Kier alpha value is -15.2. The Labute approximate surface area is 864 Å². The number of thiazole rings is 6. The fourth-order valence-electron chi connectivity index (χ4n) is 16.6. The van der Waals surface area contributed by atoms with Gasteiger partial charge < -0.3 is 60.0 Å². The van der Waals surface area contributed by atoms with E-state index in [4.69, 9.17) is 45.3 Å². The fraction of sp³-hybridized carbons (Fsp3) is 0.324. The highest BCUT2D eigenvalue weighted by molar-refractivity contribution is 7.21. The zero-order valence-electron chi connectivity index (χ0n) is 81.9. The van der Waals surface area contributed by atoms with Gasteiger partial charge in [-0.25, -0.2) is 127 Å². The monoisotopic (exact) mass is 2100 g/mol. The smallest absolute Gasteiger partial charge is 0.365 e. The predicted octanol–water partition coefficient (Wildman–Crippen LogP) is 21.6. The van der Waals surface area contributed by atoms with Crippen LogP contribution in [0.4, 0.5) is 49.4 Å². The van der Waals surface area contributed by atoms with Crippen molar-refractivity contribution in [2.75, 3.05) is 77.2 Å². The molecule has 22 rings (SSSR count). The van der Waals surface area contributed by atoms with Gasteiger partial charge in [0.25, 0.3) is 0 Å². The summed E-state index contributed by atoms with van der Waals surface area (Å²) in [6.45, 7) is 19.4. The maximum absolute atomic E-state index is 13.5. The minimum absolute atomic E-state index is 0.00110. The molecule has 2 saturated carbocycles. The largest absolute Gasteiger partial charge is 0.476 e. The molecule has 18 aromatic rings. The van der Waals surface area contributed by atoms with Gasteiger partial charge in [-0.3, -0.25) is 4.98 Å². The third kappa shape index (κ3) is 23.4. The molecule has 1 saturated heterocycles. The lowest BCUT2D eigenvalue weighted by molar-refractivity contribution is 0.0686. The van der Waals surface area contributed by atoms with Crippen LogP contribution in [0.15, 0.2) is 140 Å². The van der Waals surface area contributed by atoms with Crippen molar-refractivity contribution in [3.8, 4) is 45.0 Å². The molecule has 2 aliphatic heterocycles. The average Bonchev–Trinajstić information content (AvgIpc) is 1.74.